The third-order valence-corrected chi connectivity index (χ3v) is 4.59. The number of ether oxygens (including phenoxy) is 1. The van der Waals surface area contributed by atoms with Crippen LogP contribution in [0.1, 0.15) is 30.4 Å². The second-order valence-corrected chi connectivity index (χ2v) is 6.12. The minimum Gasteiger partial charge on any atom is -0.469 e. The largest absolute Gasteiger partial charge is 0.469 e. The number of esters is 1. The van der Waals surface area contributed by atoms with E-state index in [0.717, 1.165) is 12.1 Å². The summed E-state index contributed by atoms with van der Waals surface area (Å²) in [7, 11) is 1.31. The Bertz CT molecular complexity index is 638. The number of fused-ring (bicyclic) bond motifs is 1. The summed E-state index contributed by atoms with van der Waals surface area (Å²) >= 11 is 0. The molecule has 3 aliphatic carbocycles. The maximum atomic E-state index is 12.5. The number of hydrogen-bond donors (Lipinski definition) is 1. The maximum Gasteiger partial charge on any atom is 0.416 e. The minimum atomic E-state index is -4.37. The predicted octanol–water partition coefficient (Wildman–Crippen LogP) is 3.18. The Balaban J connectivity index is 1.84. The molecule has 3 nitrogen and oxygen atoms in total. The molecule has 118 valence electrons. The predicted molar refractivity (Wildman–Crippen MR) is 72.7 cm³/mol. The molecule has 3 fully saturated rings. The van der Waals surface area contributed by atoms with Crippen LogP contribution < -0.4 is 0 Å². The molecule has 0 aliphatic heterocycles. The van der Waals surface area contributed by atoms with E-state index in [4.69, 9.17) is 4.74 Å². The van der Waals surface area contributed by atoms with Gasteiger partial charge in [0.25, 0.3) is 0 Å². The molecule has 4 rings (SSSR count). The molecule has 0 aromatic heterocycles. The summed E-state index contributed by atoms with van der Waals surface area (Å²) in [5, 5.41) is 10.4. The van der Waals surface area contributed by atoms with Gasteiger partial charge in [-0.3, -0.25) is 4.79 Å². The van der Waals surface area contributed by atoms with Crippen LogP contribution >= 0.6 is 0 Å². The Labute approximate surface area is 125 Å². The average molecular weight is 312 g/mol. The first-order valence-electron chi connectivity index (χ1n) is 6.88. The van der Waals surface area contributed by atoms with Crippen LogP contribution in [0.5, 0.6) is 0 Å². The zero-order chi connectivity index (χ0) is 16.2. The van der Waals surface area contributed by atoms with Crippen LogP contribution in [0.4, 0.5) is 13.2 Å². The summed E-state index contributed by atoms with van der Waals surface area (Å²) in [6.07, 6.45) is -1.68. The standard InChI is InChI=1S/C16H15F3O3/c1-22-13(20)14-7-12(15(21,8-14)9-14)6-10-2-4-11(5-3-10)16(17,18)19/h2-6,21H,7-9H2,1H3/b12-6+. The Morgan fingerprint density at radius 1 is 1.27 bits per heavy atom. The lowest BCUT2D eigenvalue weighted by atomic mass is 9.67. The highest BCUT2D eigenvalue weighted by molar-refractivity contribution is 5.82. The number of benzene rings is 1. The summed E-state index contributed by atoms with van der Waals surface area (Å²) in [5.74, 6) is -0.340. The zero-order valence-corrected chi connectivity index (χ0v) is 11.9. The molecule has 3 aliphatic rings. The highest BCUT2D eigenvalue weighted by atomic mass is 19.4. The molecular weight excluding hydrogens is 297 g/mol. The molecule has 6 heteroatoms. The highest BCUT2D eigenvalue weighted by Crippen LogP contribution is 2.64. The van der Waals surface area contributed by atoms with E-state index in [0.29, 0.717) is 30.4 Å². The van der Waals surface area contributed by atoms with Gasteiger partial charge in [0.05, 0.1) is 23.7 Å². The van der Waals surface area contributed by atoms with Crippen molar-refractivity contribution in [2.75, 3.05) is 7.11 Å². The van der Waals surface area contributed by atoms with Crippen molar-refractivity contribution in [3.63, 3.8) is 0 Å². The SMILES string of the molecule is COC(=O)C12C/C(=C\c3ccc(C(F)(F)F)cc3)C(O)(C1)C2. The third-order valence-electron chi connectivity index (χ3n) is 4.59. The summed E-state index contributed by atoms with van der Waals surface area (Å²) in [4.78, 5) is 11.8. The first-order chi connectivity index (χ1) is 10.2. The van der Waals surface area contributed by atoms with E-state index in [-0.39, 0.29) is 5.97 Å². The van der Waals surface area contributed by atoms with E-state index < -0.39 is 22.8 Å². The number of halogens is 3. The molecule has 0 amide bonds. The van der Waals surface area contributed by atoms with E-state index in [2.05, 4.69) is 0 Å². The van der Waals surface area contributed by atoms with Crippen LogP contribution in [0, 0.1) is 5.41 Å². The van der Waals surface area contributed by atoms with Gasteiger partial charge in [0.2, 0.25) is 0 Å². The van der Waals surface area contributed by atoms with E-state index >= 15 is 0 Å². The monoisotopic (exact) mass is 312 g/mol. The number of rotatable bonds is 2. The fraction of sp³-hybridized carbons (Fsp3) is 0.438. The number of methoxy groups -OCH3 is 1. The van der Waals surface area contributed by atoms with E-state index in [1.807, 2.05) is 0 Å². The molecule has 2 bridgehead atoms. The summed E-state index contributed by atoms with van der Waals surface area (Å²) in [6.45, 7) is 0. The van der Waals surface area contributed by atoms with Crippen molar-refractivity contribution < 1.29 is 27.8 Å². The number of hydrogen-bond acceptors (Lipinski definition) is 3. The van der Waals surface area contributed by atoms with Crippen LogP contribution in [0.15, 0.2) is 29.8 Å². The van der Waals surface area contributed by atoms with Crippen molar-refractivity contribution in [1.82, 2.24) is 0 Å². The Morgan fingerprint density at radius 3 is 2.36 bits per heavy atom. The lowest BCUT2D eigenvalue weighted by Crippen LogP contribution is -2.48. The molecule has 1 N–H and O–H groups in total. The summed E-state index contributed by atoms with van der Waals surface area (Å²) in [6, 6.07) is 4.73. The van der Waals surface area contributed by atoms with Gasteiger partial charge in [-0.1, -0.05) is 18.2 Å². The van der Waals surface area contributed by atoms with Crippen molar-refractivity contribution in [1.29, 1.82) is 0 Å². The molecule has 0 unspecified atom stereocenters. The summed E-state index contributed by atoms with van der Waals surface area (Å²) < 4.78 is 42.3. The fourth-order valence-corrected chi connectivity index (χ4v) is 3.54. The molecule has 0 atom stereocenters. The molecule has 0 spiro atoms. The topological polar surface area (TPSA) is 46.5 Å². The van der Waals surface area contributed by atoms with Gasteiger partial charge < -0.3 is 9.84 Å². The Kier molecular flexibility index (Phi) is 3.15. The first-order valence-corrected chi connectivity index (χ1v) is 6.88. The molecule has 0 heterocycles. The number of aliphatic hydroxyl groups is 1. The van der Waals surface area contributed by atoms with Crippen molar-refractivity contribution in [2.45, 2.75) is 31.0 Å². The van der Waals surface area contributed by atoms with Crippen LogP contribution in [-0.2, 0) is 15.7 Å². The Hall–Kier alpha value is -1.82. The van der Waals surface area contributed by atoms with Crippen molar-refractivity contribution in [2.24, 2.45) is 5.41 Å². The maximum absolute atomic E-state index is 12.5. The lowest BCUT2D eigenvalue weighted by Gasteiger charge is -2.41. The molecule has 22 heavy (non-hydrogen) atoms. The van der Waals surface area contributed by atoms with Gasteiger partial charge in [0.1, 0.15) is 0 Å². The molecule has 1 aromatic rings. The minimum absolute atomic E-state index is 0.319. The van der Waals surface area contributed by atoms with Crippen molar-refractivity contribution in [3.05, 3.63) is 41.0 Å². The molecule has 0 radical (unpaired) electrons. The van der Waals surface area contributed by atoms with Crippen LogP contribution in [0.25, 0.3) is 6.08 Å². The van der Waals surface area contributed by atoms with Crippen molar-refractivity contribution in [3.8, 4) is 0 Å². The van der Waals surface area contributed by atoms with Crippen LogP contribution in [0.3, 0.4) is 0 Å². The van der Waals surface area contributed by atoms with Crippen molar-refractivity contribution >= 4 is 12.0 Å². The first kappa shape index (κ1) is 15.1. The smallest absolute Gasteiger partial charge is 0.416 e. The average Bonchev–Trinajstić information content (AvgIpc) is 2.85. The van der Waals surface area contributed by atoms with Gasteiger partial charge in [0.15, 0.2) is 0 Å². The van der Waals surface area contributed by atoms with Gasteiger partial charge in [-0.25, -0.2) is 0 Å². The second-order valence-electron chi connectivity index (χ2n) is 6.12. The van der Waals surface area contributed by atoms with Crippen LogP contribution in [0.2, 0.25) is 0 Å². The zero-order valence-electron chi connectivity index (χ0n) is 11.9. The molecule has 3 saturated carbocycles. The lowest BCUT2D eigenvalue weighted by molar-refractivity contribution is -0.166. The highest BCUT2D eigenvalue weighted by Gasteiger charge is 2.67. The molecule has 0 saturated heterocycles. The van der Waals surface area contributed by atoms with E-state index in [9.17, 15) is 23.1 Å². The van der Waals surface area contributed by atoms with E-state index in [1.54, 1.807) is 6.08 Å². The normalized spacial score (nSPS) is 32.0. The Morgan fingerprint density at radius 2 is 1.86 bits per heavy atom. The van der Waals surface area contributed by atoms with Gasteiger partial charge >= 0.3 is 12.1 Å². The number of alkyl halides is 3. The number of carbonyl (C=O) groups excluding carboxylic acids is 1. The third kappa shape index (κ3) is 2.22. The van der Waals surface area contributed by atoms with Gasteiger partial charge in [-0.15, -0.1) is 0 Å². The quantitative estimate of drug-likeness (QED) is 0.853. The van der Waals surface area contributed by atoms with Gasteiger partial charge in [-0.05, 0) is 42.5 Å². The molecule has 1 aromatic carbocycles. The molecular formula is C16H15F3O3. The van der Waals surface area contributed by atoms with Gasteiger partial charge in [-0.2, -0.15) is 13.2 Å². The second kappa shape index (κ2) is 4.59. The number of carbonyl (C=O) groups is 1. The van der Waals surface area contributed by atoms with Gasteiger partial charge in [0, 0.05) is 0 Å². The fourth-order valence-electron chi connectivity index (χ4n) is 3.54. The van der Waals surface area contributed by atoms with E-state index in [1.165, 1.54) is 19.2 Å². The summed E-state index contributed by atoms with van der Waals surface area (Å²) in [5.41, 5.74) is -1.16. The van der Waals surface area contributed by atoms with Crippen LogP contribution in [-0.4, -0.2) is 23.8 Å².